The number of carboxylic acid groups (broad SMARTS) is 1. The van der Waals surface area contributed by atoms with Gasteiger partial charge >= 0.3 is 5.97 Å². The summed E-state index contributed by atoms with van der Waals surface area (Å²) >= 11 is 6.97. The molecule has 7 heteroatoms. The lowest BCUT2D eigenvalue weighted by Gasteiger charge is -2.21. The first kappa shape index (κ1) is 16.1. The third kappa shape index (κ3) is 3.89. The van der Waals surface area contributed by atoms with Crippen LogP contribution in [-0.4, -0.2) is 26.4 Å². The summed E-state index contributed by atoms with van der Waals surface area (Å²) in [7, 11) is 0. The Hall–Kier alpha value is -1.27. The molecule has 0 spiro atoms. The molecular weight excluding hydrogens is 315 g/mol. The quantitative estimate of drug-likeness (QED) is 0.859. The topological polar surface area (TPSA) is 55.1 Å². The van der Waals surface area contributed by atoms with Gasteiger partial charge in [-0.15, -0.1) is 0 Å². The van der Waals surface area contributed by atoms with Crippen molar-refractivity contribution >= 4 is 40.4 Å². The number of hydrogen-bond donors (Lipinski definition) is 1. The zero-order chi connectivity index (χ0) is 15.8. The highest BCUT2D eigenvalue weighted by Gasteiger charge is 2.19. The third-order valence-electron chi connectivity index (χ3n) is 2.71. The van der Waals surface area contributed by atoms with E-state index < -0.39 is 11.8 Å². The summed E-state index contributed by atoms with van der Waals surface area (Å²) in [5, 5.41) is 9.42. The molecule has 21 heavy (non-hydrogen) atoms. The molecule has 0 atom stereocenters. The number of imidazole rings is 1. The number of rotatable bonds is 4. The maximum atomic E-state index is 13.6. The first-order valence-corrected chi connectivity index (χ1v) is 7.73. The van der Waals surface area contributed by atoms with Gasteiger partial charge < -0.3 is 9.67 Å². The summed E-state index contributed by atoms with van der Waals surface area (Å²) in [5.74, 6) is -1.54. The van der Waals surface area contributed by atoms with E-state index in [1.807, 2.05) is 4.57 Å². The summed E-state index contributed by atoms with van der Waals surface area (Å²) < 4.78 is 15.5. The SMILES string of the molecule is CC(C)(C)Cn1c(SCC(=O)O)nc2cc(F)c(Cl)cc21. The van der Waals surface area contributed by atoms with Crippen molar-refractivity contribution in [2.24, 2.45) is 5.41 Å². The lowest BCUT2D eigenvalue weighted by molar-refractivity contribution is -0.133. The van der Waals surface area contributed by atoms with Crippen molar-refractivity contribution in [2.45, 2.75) is 32.5 Å². The number of hydrogen-bond acceptors (Lipinski definition) is 3. The lowest BCUT2D eigenvalue weighted by Crippen LogP contribution is -2.16. The number of halogens is 2. The molecule has 0 bridgehead atoms. The van der Waals surface area contributed by atoms with Crippen molar-refractivity contribution in [1.29, 1.82) is 0 Å². The van der Waals surface area contributed by atoms with Crippen LogP contribution >= 0.6 is 23.4 Å². The molecule has 0 aliphatic rings. The smallest absolute Gasteiger partial charge is 0.313 e. The van der Waals surface area contributed by atoms with Crippen molar-refractivity contribution in [2.75, 3.05) is 5.75 Å². The van der Waals surface area contributed by atoms with E-state index in [4.69, 9.17) is 16.7 Å². The van der Waals surface area contributed by atoms with Crippen molar-refractivity contribution < 1.29 is 14.3 Å². The van der Waals surface area contributed by atoms with Crippen molar-refractivity contribution in [3.05, 3.63) is 23.0 Å². The molecule has 1 heterocycles. The second kappa shape index (κ2) is 5.85. The van der Waals surface area contributed by atoms with Crippen LogP contribution < -0.4 is 0 Å². The van der Waals surface area contributed by atoms with Crippen LogP contribution in [0.1, 0.15) is 20.8 Å². The van der Waals surface area contributed by atoms with E-state index in [1.165, 1.54) is 12.1 Å². The molecule has 0 aliphatic heterocycles. The van der Waals surface area contributed by atoms with E-state index in [2.05, 4.69) is 25.8 Å². The number of fused-ring (bicyclic) bond motifs is 1. The third-order valence-corrected chi connectivity index (χ3v) is 3.96. The molecule has 1 aromatic heterocycles. The van der Waals surface area contributed by atoms with Crippen LogP contribution in [0.4, 0.5) is 4.39 Å². The summed E-state index contributed by atoms with van der Waals surface area (Å²) in [6, 6.07) is 2.82. The molecule has 0 unspecified atom stereocenters. The van der Waals surface area contributed by atoms with E-state index in [9.17, 15) is 9.18 Å². The maximum absolute atomic E-state index is 13.6. The fraction of sp³-hybridized carbons (Fsp3) is 0.429. The molecule has 114 valence electrons. The largest absolute Gasteiger partial charge is 0.481 e. The standard InChI is InChI=1S/C14H16ClFN2O2S/c1-14(2,3)7-18-11-4-8(15)9(16)5-10(11)17-13(18)21-6-12(19)20/h4-5H,6-7H2,1-3H3,(H,19,20). The van der Waals surface area contributed by atoms with Gasteiger partial charge in [0.2, 0.25) is 0 Å². The van der Waals surface area contributed by atoms with Crippen LogP contribution in [-0.2, 0) is 11.3 Å². The first-order valence-electron chi connectivity index (χ1n) is 6.37. The van der Waals surface area contributed by atoms with Gasteiger partial charge in [-0.05, 0) is 11.5 Å². The second-order valence-electron chi connectivity index (χ2n) is 5.98. The van der Waals surface area contributed by atoms with Gasteiger partial charge in [-0.1, -0.05) is 44.1 Å². The molecular formula is C14H16ClFN2O2S. The minimum Gasteiger partial charge on any atom is -0.481 e. The van der Waals surface area contributed by atoms with Crippen molar-refractivity contribution in [1.82, 2.24) is 9.55 Å². The average Bonchev–Trinajstić information content (AvgIpc) is 2.63. The molecule has 0 saturated carbocycles. The van der Waals surface area contributed by atoms with Gasteiger partial charge in [0, 0.05) is 12.6 Å². The van der Waals surface area contributed by atoms with Gasteiger partial charge in [0.1, 0.15) is 5.82 Å². The number of aliphatic carboxylic acids is 1. The zero-order valence-electron chi connectivity index (χ0n) is 12.0. The highest BCUT2D eigenvalue weighted by molar-refractivity contribution is 7.99. The predicted octanol–water partition coefficient (Wildman–Crippen LogP) is 4.05. The number of thioether (sulfide) groups is 1. The van der Waals surface area contributed by atoms with Crippen LogP contribution in [0.5, 0.6) is 0 Å². The fourth-order valence-corrected chi connectivity index (χ4v) is 2.85. The summed E-state index contributed by atoms with van der Waals surface area (Å²) in [4.78, 5) is 15.1. The van der Waals surface area contributed by atoms with Crippen LogP contribution in [0, 0.1) is 11.2 Å². The Morgan fingerprint density at radius 1 is 1.48 bits per heavy atom. The fourth-order valence-electron chi connectivity index (χ4n) is 1.96. The number of nitrogens with zero attached hydrogens (tertiary/aromatic N) is 2. The maximum Gasteiger partial charge on any atom is 0.313 e. The molecule has 1 N–H and O–H groups in total. The van der Waals surface area contributed by atoms with Gasteiger partial charge in [-0.25, -0.2) is 9.37 Å². The summed E-state index contributed by atoms with van der Waals surface area (Å²) in [6.07, 6.45) is 0. The number of benzene rings is 1. The minimum absolute atomic E-state index is 0.0346. The minimum atomic E-state index is -0.918. The van der Waals surface area contributed by atoms with E-state index in [-0.39, 0.29) is 16.2 Å². The Balaban J connectivity index is 2.54. The van der Waals surface area contributed by atoms with E-state index >= 15 is 0 Å². The van der Waals surface area contributed by atoms with Crippen LogP contribution in [0.2, 0.25) is 5.02 Å². The normalized spacial score (nSPS) is 12.0. The second-order valence-corrected chi connectivity index (χ2v) is 7.33. The first-order chi connectivity index (χ1) is 9.67. The highest BCUT2D eigenvalue weighted by Crippen LogP contribution is 2.30. The molecule has 2 aromatic rings. The van der Waals surface area contributed by atoms with Gasteiger partial charge in [0.15, 0.2) is 5.16 Å². The zero-order valence-corrected chi connectivity index (χ0v) is 13.6. The molecule has 1 aromatic carbocycles. The number of carbonyl (C=O) groups is 1. The molecule has 0 amide bonds. The predicted molar refractivity (Wildman–Crippen MR) is 82.5 cm³/mol. The van der Waals surface area contributed by atoms with E-state index in [0.717, 1.165) is 11.8 Å². The number of carboxylic acids is 1. The van der Waals surface area contributed by atoms with E-state index in [0.29, 0.717) is 22.7 Å². The highest BCUT2D eigenvalue weighted by atomic mass is 35.5. The van der Waals surface area contributed by atoms with Crippen LogP contribution in [0.15, 0.2) is 17.3 Å². The molecule has 4 nitrogen and oxygen atoms in total. The lowest BCUT2D eigenvalue weighted by atomic mass is 9.97. The van der Waals surface area contributed by atoms with Gasteiger partial charge in [-0.2, -0.15) is 0 Å². The van der Waals surface area contributed by atoms with Crippen molar-refractivity contribution in [3.63, 3.8) is 0 Å². The Morgan fingerprint density at radius 3 is 2.71 bits per heavy atom. The Kier molecular flexibility index (Phi) is 4.49. The Labute approximate surface area is 131 Å². The molecule has 0 radical (unpaired) electrons. The van der Waals surface area contributed by atoms with Gasteiger partial charge in [0.25, 0.3) is 0 Å². The Bertz CT molecular complexity index is 694. The summed E-state index contributed by atoms with van der Waals surface area (Å²) in [5.41, 5.74) is 1.16. The molecule has 2 rings (SSSR count). The van der Waals surface area contributed by atoms with Crippen molar-refractivity contribution in [3.8, 4) is 0 Å². The van der Waals surface area contributed by atoms with Gasteiger partial charge in [-0.3, -0.25) is 4.79 Å². The molecule has 0 saturated heterocycles. The van der Waals surface area contributed by atoms with E-state index in [1.54, 1.807) is 0 Å². The van der Waals surface area contributed by atoms with Crippen LogP contribution in [0.3, 0.4) is 0 Å². The monoisotopic (exact) mass is 330 g/mol. The average molecular weight is 331 g/mol. The number of aromatic nitrogens is 2. The molecule has 0 fully saturated rings. The molecule has 0 aliphatic carbocycles. The van der Waals surface area contributed by atoms with Gasteiger partial charge in [0.05, 0.1) is 21.8 Å². The van der Waals surface area contributed by atoms with Crippen LogP contribution in [0.25, 0.3) is 11.0 Å². The summed E-state index contributed by atoms with van der Waals surface area (Å²) in [6.45, 7) is 6.83. The Morgan fingerprint density at radius 2 is 2.14 bits per heavy atom.